The summed E-state index contributed by atoms with van der Waals surface area (Å²) >= 11 is 7.60. The fraction of sp³-hybridized carbons (Fsp3) is 0.167. The molecule has 0 aliphatic carbocycles. The molecule has 1 atom stereocenters. The van der Waals surface area contributed by atoms with Gasteiger partial charge in [-0.25, -0.2) is 4.39 Å². The highest BCUT2D eigenvalue weighted by molar-refractivity contribution is 8.02. The molecule has 0 aromatic heterocycles. The lowest BCUT2D eigenvalue weighted by molar-refractivity contribution is -0.123. The molecular formula is C24H18ClFN2O3S. The number of fused-ring (bicyclic) bond motifs is 2. The van der Waals surface area contributed by atoms with Gasteiger partial charge in [0.05, 0.1) is 30.1 Å². The predicted molar refractivity (Wildman–Crippen MR) is 124 cm³/mol. The van der Waals surface area contributed by atoms with Crippen LogP contribution >= 0.6 is 23.4 Å². The van der Waals surface area contributed by atoms with E-state index in [1.54, 1.807) is 41.3 Å². The highest BCUT2D eigenvalue weighted by Gasteiger charge is 2.61. The van der Waals surface area contributed by atoms with Crippen molar-refractivity contribution in [3.63, 3.8) is 0 Å². The second-order valence-electron chi connectivity index (χ2n) is 7.48. The van der Waals surface area contributed by atoms with Gasteiger partial charge in [-0.05, 0) is 30.3 Å². The molecule has 162 valence electrons. The number of para-hydroxylation sites is 1. The fourth-order valence-corrected chi connectivity index (χ4v) is 5.92. The number of halogens is 2. The highest BCUT2D eigenvalue weighted by atomic mass is 35.5. The van der Waals surface area contributed by atoms with Crippen LogP contribution in [0.2, 0.25) is 5.02 Å². The fourth-order valence-electron chi connectivity index (χ4n) is 4.30. The van der Waals surface area contributed by atoms with Crippen LogP contribution in [-0.2, 0) is 21.0 Å². The first-order valence-corrected chi connectivity index (χ1v) is 11.3. The molecule has 3 aromatic carbocycles. The molecule has 1 fully saturated rings. The molecule has 0 radical (unpaired) electrons. The van der Waals surface area contributed by atoms with Gasteiger partial charge in [0, 0.05) is 16.8 Å². The summed E-state index contributed by atoms with van der Waals surface area (Å²) in [5, 5.41) is 0.340. The van der Waals surface area contributed by atoms with Crippen LogP contribution in [-0.4, -0.2) is 24.7 Å². The van der Waals surface area contributed by atoms with Crippen LogP contribution in [0.5, 0.6) is 5.75 Å². The SMILES string of the molecule is COc1ccc(N2C(=O)CS[C@@]23C(=O)N(Cc2ccccc2F)c2ccccc23)cc1Cl. The van der Waals surface area contributed by atoms with Crippen molar-refractivity contribution in [1.29, 1.82) is 0 Å². The normalized spacial score (nSPS) is 19.7. The molecular weight excluding hydrogens is 451 g/mol. The van der Waals surface area contributed by atoms with Crippen molar-refractivity contribution in [2.75, 3.05) is 22.7 Å². The molecule has 2 aliphatic heterocycles. The van der Waals surface area contributed by atoms with E-state index in [0.29, 0.717) is 33.3 Å². The lowest BCUT2D eigenvalue weighted by atomic mass is 10.0. The Morgan fingerprint density at radius 2 is 1.84 bits per heavy atom. The standard InChI is InChI=1S/C24H18ClFN2O3S/c1-31-21-11-10-16(12-18(21)25)28-22(29)14-32-24(28)17-7-3-5-9-20(17)27(23(24)30)13-15-6-2-4-8-19(15)26/h2-12H,13-14H2,1H3/t24-/m0/s1. The zero-order valence-electron chi connectivity index (χ0n) is 17.0. The Morgan fingerprint density at radius 1 is 1.09 bits per heavy atom. The summed E-state index contributed by atoms with van der Waals surface area (Å²) in [5.74, 6) is -0.260. The van der Waals surface area contributed by atoms with Crippen molar-refractivity contribution in [1.82, 2.24) is 0 Å². The van der Waals surface area contributed by atoms with Crippen LogP contribution in [0, 0.1) is 5.82 Å². The Labute approximate surface area is 193 Å². The summed E-state index contributed by atoms with van der Waals surface area (Å²) in [5.41, 5.74) is 2.26. The summed E-state index contributed by atoms with van der Waals surface area (Å²) in [7, 11) is 1.51. The van der Waals surface area contributed by atoms with Crippen LogP contribution in [0.3, 0.4) is 0 Å². The quantitative estimate of drug-likeness (QED) is 0.542. The molecule has 2 aliphatic rings. The van der Waals surface area contributed by atoms with Crippen molar-refractivity contribution >= 4 is 46.6 Å². The summed E-state index contributed by atoms with van der Waals surface area (Å²) < 4.78 is 19.6. The number of hydrogen-bond donors (Lipinski definition) is 0. The smallest absolute Gasteiger partial charge is 0.269 e. The number of nitrogens with zero attached hydrogens (tertiary/aromatic N) is 2. The van der Waals surface area contributed by atoms with E-state index in [4.69, 9.17) is 16.3 Å². The van der Waals surface area contributed by atoms with Gasteiger partial charge in [-0.2, -0.15) is 0 Å². The predicted octanol–water partition coefficient (Wildman–Crippen LogP) is 4.97. The number of rotatable bonds is 4. The Bertz CT molecular complexity index is 1250. The van der Waals surface area contributed by atoms with Gasteiger partial charge in [-0.1, -0.05) is 48.0 Å². The van der Waals surface area contributed by atoms with E-state index < -0.39 is 4.87 Å². The number of benzene rings is 3. The molecule has 1 spiro atoms. The minimum absolute atomic E-state index is 0.0657. The van der Waals surface area contributed by atoms with Crippen LogP contribution < -0.4 is 14.5 Å². The van der Waals surface area contributed by atoms with Gasteiger partial charge < -0.3 is 9.64 Å². The van der Waals surface area contributed by atoms with Gasteiger partial charge in [-0.3, -0.25) is 14.5 Å². The van der Waals surface area contributed by atoms with Crippen LogP contribution in [0.1, 0.15) is 11.1 Å². The largest absolute Gasteiger partial charge is 0.495 e. The molecule has 0 unspecified atom stereocenters. The third kappa shape index (κ3) is 2.99. The van der Waals surface area contributed by atoms with E-state index in [2.05, 4.69) is 0 Å². The zero-order valence-corrected chi connectivity index (χ0v) is 18.6. The van der Waals surface area contributed by atoms with E-state index in [-0.39, 0.29) is 29.9 Å². The first kappa shape index (κ1) is 20.8. The minimum atomic E-state index is -1.28. The lowest BCUT2D eigenvalue weighted by Crippen LogP contribution is -2.49. The van der Waals surface area contributed by atoms with Gasteiger partial charge in [0.15, 0.2) is 0 Å². The van der Waals surface area contributed by atoms with Crippen molar-refractivity contribution < 1.29 is 18.7 Å². The Kier molecular flexibility index (Phi) is 5.10. The van der Waals surface area contributed by atoms with Gasteiger partial charge in [0.25, 0.3) is 5.91 Å². The van der Waals surface area contributed by atoms with Gasteiger partial charge in [0.2, 0.25) is 10.8 Å². The maximum atomic E-state index is 14.4. The molecule has 2 heterocycles. The number of anilines is 2. The van der Waals surface area contributed by atoms with Crippen molar-refractivity contribution in [3.05, 3.63) is 88.7 Å². The Morgan fingerprint density at radius 3 is 2.59 bits per heavy atom. The van der Waals surface area contributed by atoms with Crippen LogP contribution in [0.25, 0.3) is 0 Å². The van der Waals surface area contributed by atoms with E-state index >= 15 is 0 Å². The van der Waals surface area contributed by atoms with Gasteiger partial charge in [-0.15, -0.1) is 11.8 Å². The summed E-state index contributed by atoms with van der Waals surface area (Å²) in [4.78, 5) is 28.8. The molecule has 0 bridgehead atoms. The number of methoxy groups -OCH3 is 1. The summed E-state index contributed by atoms with van der Waals surface area (Å²) in [6.07, 6.45) is 0. The maximum absolute atomic E-state index is 14.4. The number of ether oxygens (including phenoxy) is 1. The van der Waals surface area contributed by atoms with Crippen molar-refractivity contribution in [2.45, 2.75) is 11.4 Å². The molecule has 3 aromatic rings. The second kappa shape index (κ2) is 7.83. The monoisotopic (exact) mass is 468 g/mol. The third-order valence-electron chi connectivity index (χ3n) is 5.74. The topological polar surface area (TPSA) is 49.9 Å². The Hall–Kier alpha value is -3.03. The average molecular weight is 469 g/mol. The summed E-state index contributed by atoms with van der Waals surface area (Å²) in [6, 6.07) is 18.7. The van der Waals surface area contributed by atoms with Crippen molar-refractivity contribution in [2.24, 2.45) is 0 Å². The molecule has 32 heavy (non-hydrogen) atoms. The number of amides is 2. The number of thioether (sulfide) groups is 1. The zero-order chi connectivity index (χ0) is 22.5. The average Bonchev–Trinajstić information content (AvgIpc) is 3.26. The molecule has 0 saturated carbocycles. The van der Waals surface area contributed by atoms with Crippen LogP contribution in [0.15, 0.2) is 66.7 Å². The number of carbonyl (C=O) groups is 2. The highest BCUT2D eigenvalue weighted by Crippen LogP contribution is 2.56. The molecule has 5 rings (SSSR count). The molecule has 2 amide bonds. The van der Waals surface area contributed by atoms with Gasteiger partial charge in [0.1, 0.15) is 11.6 Å². The van der Waals surface area contributed by atoms with E-state index in [1.165, 1.54) is 29.8 Å². The first-order chi connectivity index (χ1) is 15.5. The summed E-state index contributed by atoms with van der Waals surface area (Å²) in [6.45, 7) is 0.0657. The minimum Gasteiger partial charge on any atom is -0.495 e. The number of carbonyl (C=O) groups excluding carboxylic acids is 2. The van der Waals surface area contributed by atoms with Gasteiger partial charge >= 0.3 is 0 Å². The first-order valence-electron chi connectivity index (χ1n) is 9.93. The molecule has 8 heteroatoms. The van der Waals surface area contributed by atoms with E-state index in [0.717, 1.165) is 0 Å². The molecule has 1 saturated heterocycles. The van der Waals surface area contributed by atoms with Crippen LogP contribution in [0.4, 0.5) is 15.8 Å². The third-order valence-corrected chi connectivity index (χ3v) is 7.43. The number of hydrogen-bond acceptors (Lipinski definition) is 4. The maximum Gasteiger partial charge on any atom is 0.269 e. The van der Waals surface area contributed by atoms with E-state index in [9.17, 15) is 14.0 Å². The molecule has 5 nitrogen and oxygen atoms in total. The van der Waals surface area contributed by atoms with Crippen molar-refractivity contribution in [3.8, 4) is 5.75 Å². The molecule has 0 N–H and O–H groups in total. The van der Waals surface area contributed by atoms with E-state index in [1.807, 2.05) is 24.3 Å². The Balaban J connectivity index is 1.64. The second-order valence-corrected chi connectivity index (χ2v) is 9.06. The lowest BCUT2D eigenvalue weighted by Gasteiger charge is -2.33.